The average molecular weight is 417 g/mol. The van der Waals surface area contributed by atoms with Crippen molar-refractivity contribution in [2.75, 3.05) is 32.8 Å². The van der Waals surface area contributed by atoms with Crippen molar-refractivity contribution in [2.24, 2.45) is 5.73 Å². The number of fused-ring (bicyclic) bond motifs is 2. The van der Waals surface area contributed by atoms with Crippen LogP contribution in [0.5, 0.6) is 17.2 Å². The van der Waals surface area contributed by atoms with Crippen molar-refractivity contribution < 1.29 is 23.8 Å². The zero-order valence-electron chi connectivity index (χ0n) is 16.8. The molecule has 2 aliphatic heterocycles. The smallest absolute Gasteiger partial charge is 0.251 e. The van der Waals surface area contributed by atoms with E-state index in [2.05, 4.69) is 10.2 Å². The molecular formula is C20H23N3O5S. The van der Waals surface area contributed by atoms with Gasteiger partial charge in [-0.05, 0) is 44.5 Å². The third-order valence-electron chi connectivity index (χ3n) is 5.38. The van der Waals surface area contributed by atoms with Gasteiger partial charge >= 0.3 is 0 Å². The highest BCUT2D eigenvalue weighted by atomic mass is 32.1. The lowest BCUT2D eigenvalue weighted by Crippen LogP contribution is -2.37. The Morgan fingerprint density at radius 2 is 2.14 bits per heavy atom. The number of benzene rings is 1. The predicted molar refractivity (Wildman–Crippen MR) is 109 cm³/mol. The molecule has 0 saturated carbocycles. The largest absolute Gasteiger partial charge is 0.492 e. The number of nitrogens with one attached hydrogen (secondary N) is 1. The number of rotatable bonds is 5. The minimum Gasteiger partial charge on any atom is -0.492 e. The van der Waals surface area contributed by atoms with E-state index in [4.69, 9.17) is 19.9 Å². The minimum absolute atomic E-state index is 0.0959. The molecule has 29 heavy (non-hydrogen) atoms. The first-order valence-electron chi connectivity index (χ1n) is 9.23. The zero-order chi connectivity index (χ0) is 20.9. The summed E-state index contributed by atoms with van der Waals surface area (Å²) in [5, 5.41) is 4.01. The van der Waals surface area contributed by atoms with E-state index in [-0.39, 0.29) is 18.7 Å². The SMILES string of the molecule is COc1c2c(cc3c1[C@H](Nc1sc(C(C)=O)c(C)c1C(N)=O)N(C)CC3)OCO2. The van der Waals surface area contributed by atoms with Gasteiger partial charge in [0.1, 0.15) is 11.2 Å². The molecule has 2 aromatic rings. The maximum absolute atomic E-state index is 12.1. The number of carbonyl (C=O) groups excluding carboxylic acids is 2. The number of primary amides is 1. The highest BCUT2D eigenvalue weighted by Crippen LogP contribution is 2.50. The van der Waals surface area contributed by atoms with Crippen LogP contribution in [-0.2, 0) is 6.42 Å². The van der Waals surface area contributed by atoms with Gasteiger partial charge in [-0.25, -0.2) is 0 Å². The second-order valence-corrected chi connectivity index (χ2v) is 8.20. The fraction of sp³-hybridized carbons (Fsp3) is 0.400. The summed E-state index contributed by atoms with van der Waals surface area (Å²) in [5.41, 5.74) is 8.60. The summed E-state index contributed by atoms with van der Waals surface area (Å²) in [5.74, 6) is 1.20. The molecule has 1 aromatic heterocycles. The van der Waals surface area contributed by atoms with E-state index in [9.17, 15) is 9.59 Å². The number of anilines is 1. The topological polar surface area (TPSA) is 103 Å². The van der Waals surface area contributed by atoms with E-state index in [1.54, 1.807) is 14.0 Å². The predicted octanol–water partition coefficient (Wildman–Crippen LogP) is 2.69. The maximum Gasteiger partial charge on any atom is 0.251 e. The second-order valence-electron chi connectivity index (χ2n) is 7.17. The lowest BCUT2D eigenvalue weighted by Gasteiger charge is -2.36. The summed E-state index contributed by atoms with van der Waals surface area (Å²) in [6.45, 7) is 4.18. The van der Waals surface area contributed by atoms with Crippen LogP contribution < -0.4 is 25.3 Å². The van der Waals surface area contributed by atoms with Crippen LogP contribution in [0.25, 0.3) is 0 Å². The van der Waals surface area contributed by atoms with E-state index < -0.39 is 5.91 Å². The van der Waals surface area contributed by atoms with E-state index in [0.717, 1.165) is 24.1 Å². The number of methoxy groups -OCH3 is 1. The molecule has 0 unspecified atom stereocenters. The number of nitrogens with two attached hydrogens (primary N) is 1. The molecule has 3 heterocycles. The monoisotopic (exact) mass is 417 g/mol. The first-order valence-corrected chi connectivity index (χ1v) is 10.0. The van der Waals surface area contributed by atoms with E-state index in [1.165, 1.54) is 18.3 Å². The van der Waals surface area contributed by atoms with Crippen molar-refractivity contribution in [2.45, 2.75) is 26.4 Å². The van der Waals surface area contributed by atoms with Crippen molar-refractivity contribution in [3.05, 3.63) is 33.2 Å². The lowest BCUT2D eigenvalue weighted by molar-refractivity contribution is 0.1000. The molecule has 1 atom stereocenters. The Balaban J connectivity index is 1.83. The van der Waals surface area contributed by atoms with Crippen molar-refractivity contribution in [3.63, 3.8) is 0 Å². The van der Waals surface area contributed by atoms with Crippen molar-refractivity contribution in [3.8, 4) is 17.2 Å². The number of carbonyl (C=O) groups is 2. The van der Waals surface area contributed by atoms with Crippen molar-refractivity contribution in [1.82, 2.24) is 4.90 Å². The molecule has 0 saturated heterocycles. The Bertz CT molecular complexity index is 1020. The van der Waals surface area contributed by atoms with Gasteiger partial charge in [-0.2, -0.15) is 0 Å². The molecule has 3 N–H and O–H groups in total. The lowest BCUT2D eigenvalue weighted by atomic mass is 9.95. The second kappa shape index (κ2) is 7.23. The standard InChI is InChI=1S/C20H23N3O5S/c1-9-13(18(21)25)20(29-17(9)10(2)24)22-19-14-11(5-6-23(19)3)7-12-15(16(14)26-4)28-8-27-12/h7,19,22H,5-6,8H2,1-4H3,(H2,21,25)/t19-/m1/s1. The van der Waals surface area contributed by atoms with E-state index >= 15 is 0 Å². The zero-order valence-corrected chi connectivity index (χ0v) is 17.6. The Labute approximate surface area is 172 Å². The van der Waals surface area contributed by atoms with Crippen LogP contribution >= 0.6 is 11.3 Å². The van der Waals surface area contributed by atoms with Crippen LogP contribution in [0, 0.1) is 6.92 Å². The van der Waals surface area contributed by atoms with E-state index in [1.807, 2.05) is 13.1 Å². The Morgan fingerprint density at radius 1 is 1.38 bits per heavy atom. The first kappa shape index (κ1) is 19.5. The summed E-state index contributed by atoms with van der Waals surface area (Å²) in [4.78, 5) is 26.8. The Morgan fingerprint density at radius 3 is 2.79 bits per heavy atom. The molecule has 0 radical (unpaired) electrons. The molecule has 0 bridgehead atoms. The number of likely N-dealkylation sites (N-methyl/N-ethyl adjacent to an activating group) is 1. The van der Waals surface area contributed by atoms with Gasteiger partial charge in [0, 0.05) is 12.1 Å². The van der Waals surface area contributed by atoms with Gasteiger partial charge in [0.15, 0.2) is 17.3 Å². The maximum atomic E-state index is 12.1. The highest BCUT2D eigenvalue weighted by Gasteiger charge is 2.35. The normalized spacial score (nSPS) is 17.7. The molecule has 154 valence electrons. The van der Waals surface area contributed by atoms with Crippen LogP contribution in [0.15, 0.2) is 6.07 Å². The molecule has 0 aliphatic carbocycles. The van der Waals surface area contributed by atoms with Crippen LogP contribution in [0.2, 0.25) is 0 Å². The number of Topliss-reactive ketones (excluding diaryl/α,β-unsaturated/α-hetero) is 1. The molecule has 2 aliphatic rings. The molecule has 0 spiro atoms. The van der Waals surface area contributed by atoms with Gasteiger partial charge in [-0.15, -0.1) is 11.3 Å². The Hall–Kier alpha value is -2.78. The fourth-order valence-electron chi connectivity index (χ4n) is 3.99. The summed E-state index contributed by atoms with van der Waals surface area (Å²) < 4.78 is 16.9. The average Bonchev–Trinajstić information content (AvgIpc) is 3.26. The van der Waals surface area contributed by atoms with Crippen LogP contribution in [0.4, 0.5) is 5.00 Å². The van der Waals surface area contributed by atoms with Crippen LogP contribution in [-0.4, -0.2) is 44.1 Å². The van der Waals surface area contributed by atoms with Gasteiger partial charge in [-0.3, -0.25) is 14.5 Å². The number of ketones is 1. The van der Waals surface area contributed by atoms with Gasteiger partial charge in [0.05, 0.1) is 17.6 Å². The molecule has 1 amide bonds. The fourth-order valence-corrected chi connectivity index (χ4v) is 5.12. The highest BCUT2D eigenvalue weighted by molar-refractivity contribution is 7.18. The van der Waals surface area contributed by atoms with Gasteiger partial charge in [0.25, 0.3) is 5.91 Å². The number of nitrogens with zero attached hydrogens (tertiary/aromatic N) is 1. The summed E-state index contributed by atoms with van der Waals surface area (Å²) in [7, 11) is 3.59. The van der Waals surface area contributed by atoms with E-state index in [0.29, 0.717) is 38.3 Å². The summed E-state index contributed by atoms with van der Waals surface area (Å²) in [6.07, 6.45) is 0.529. The molecule has 8 nitrogen and oxygen atoms in total. The third kappa shape index (κ3) is 3.10. The quantitative estimate of drug-likeness (QED) is 0.721. The molecule has 0 fully saturated rings. The van der Waals surface area contributed by atoms with Crippen LogP contribution in [0.1, 0.15) is 49.8 Å². The number of ether oxygens (including phenoxy) is 3. The van der Waals surface area contributed by atoms with Gasteiger partial charge in [0.2, 0.25) is 12.5 Å². The van der Waals surface area contributed by atoms with Crippen molar-refractivity contribution >= 4 is 28.0 Å². The number of thiophene rings is 1. The minimum atomic E-state index is -0.565. The molecule has 1 aromatic carbocycles. The van der Waals surface area contributed by atoms with Gasteiger partial charge < -0.3 is 25.3 Å². The summed E-state index contributed by atoms with van der Waals surface area (Å²) >= 11 is 1.25. The molecule has 4 rings (SSSR count). The third-order valence-corrected chi connectivity index (χ3v) is 6.70. The van der Waals surface area contributed by atoms with Crippen LogP contribution in [0.3, 0.4) is 0 Å². The molecule has 9 heteroatoms. The van der Waals surface area contributed by atoms with Crippen molar-refractivity contribution in [1.29, 1.82) is 0 Å². The Kier molecular flexibility index (Phi) is 4.87. The first-order chi connectivity index (χ1) is 13.8. The molecular weight excluding hydrogens is 394 g/mol. The summed E-state index contributed by atoms with van der Waals surface area (Å²) in [6, 6.07) is 1.98. The van der Waals surface area contributed by atoms with Gasteiger partial charge in [-0.1, -0.05) is 0 Å². The number of hydrogen-bond donors (Lipinski definition) is 2. The number of amides is 1. The number of hydrogen-bond acceptors (Lipinski definition) is 8.